The molecule has 0 spiro atoms. The number of tetrazole rings is 1. The molecule has 1 N–H and O–H groups in total. The van der Waals surface area contributed by atoms with E-state index in [1.807, 2.05) is 18.2 Å². The first-order valence-corrected chi connectivity index (χ1v) is 10.1. The van der Waals surface area contributed by atoms with E-state index in [1.165, 1.54) is 56.2 Å². The van der Waals surface area contributed by atoms with E-state index in [0.717, 1.165) is 11.0 Å². The minimum atomic E-state index is -0.0790. The van der Waals surface area contributed by atoms with Crippen molar-refractivity contribution in [1.29, 1.82) is 0 Å². The lowest BCUT2D eigenvalue weighted by Gasteiger charge is -2.44. The van der Waals surface area contributed by atoms with Crippen molar-refractivity contribution in [3.63, 3.8) is 0 Å². The van der Waals surface area contributed by atoms with Crippen LogP contribution in [-0.2, 0) is 0 Å². The van der Waals surface area contributed by atoms with Crippen molar-refractivity contribution in [2.24, 2.45) is 5.92 Å². The summed E-state index contributed by atoms with van der Waals surface area (Å²) >= 11 is 3.45. The van der Waals surface area contributed by atoms with Gasteiger partial charge in [0, 0.05) is 17.1 Å². The van der Waals surface area contributed by atoms with Gasteiger partial charge in [-0.05, 0) is 73.3 Å². The van der Waals surface area contributed by atoms with Crippen LogP contribution >= 0.6 is 15.9 Å². The molecule has 26 heavy (non-hydrogen) atoms. The predicted molar refractivity (Wildman–Crippen MR) is 101 cm³/mol. The highest BCUT2D eigenvalue weighted by Crippen LogP contribution is 2.30. The van der Waals surface area contributed by atoms with Gasteiger partial charge in [-0.2, -0.15) is 4.68 Å². The number of nitrogens with zero attached hydrogens (tertiary/aromatic N) is 5. The number of fused-ring (bicyclic) bond motifs is 1. The Balaban J connectivity index is 1.47. The van der Waals surface area contributed by atoms with Crippen LogP contribution in [0.4, 0.5) is 0 Å². The summed E-state index contributed by atoms with van der Waals surface area (Å²) in [5, 5.41) is 14.4. The highest BCUT2D eigenvalue weighted by atomic mass is 79.9. The molecule has 2 aromatic rings. The number of amides is 1. The van der Waals surface area contributed by atoms with Crippen LogP contribution < -0.4 is 5.32 Å². The molecule has 4 rings (SSSR count). The third kappa shape index (κ3) is 3.66. The number of benzene rings is 1. The Morgan fingerprint density at radius 3 is 2.96 bits per heavy atom. The number of hydrogen-bond acceptors (Lipinski definition) is 5. The van der Waals surface area contributed by atoms with E-state index in [-0.39, 0.29) is 5.91 Å². The second-order valence-electron chi connectivity index (χ2n) is 7.13. The van der Waals surface area contributed by atoms with E-state index in [1.54, 1.807) is 0 Å². The molecule has 3 heterocycles. The van der Waals surface area contributed by atoms with Crippen LogP contribution in [0.25, 0.3) is 5.69 Å². The quantitative estimate of drug-likeness (QED) is 0.824. The molecule has 2 fully saturated rings. The number of hydrogen-bond donors (Lipinski definition) is 1. The summed E-state index contributed by atoms with van der Waals surface area (Å²) < 4.78 is 2.38. The summed E-state index contributed by atoms with van der Waals surface area (Å²) in [5.41, 5.74) is 1.25. The summed E-state index contributed by atoms with van der Waals surface area (Å²) in [4.78, 5) is 15.5. The number of carbonyl (C=O) groups excluding carboxylic acids is 1. The van der Waals surface area contributed by atoms with Crippen LogP contribution in [0.2, 0.25) is 0 Å². The standard InChI is InChI=1S/C18H23BrN6O/c19-14-6-7-17(25-12-21-22-23-25)15(10-14)18(26)20-11-13-4-3-9-24-8-2-1-5-16(13)24/h6-7,10,12-13,16H,1-5,8-9,11H2,(H,20,26)/t13-,16-/m1/s1. The van der Waals surface area contributed by atoms with Gasteiger partial charge in [0.15, 0.2) is 0 Å². The maximum absolute atomic E-state index is 12.9. The summed E-state index contributed by atoms with van der Waals surface area (Å²) in [6.07, 6.45) is 7.79. The fourth-order valence-electron chi connectivity index (χ4n) is 4.30. The average Bonchev–Trinajstić information content (AvgIpc) is 3.20. The second kappa shape index (κ2) is 7.84. The van der Waals surface area contributed by atoms with Gasteiger partial charge in [-0.1, -0.05) is 22.4 Å². The number of carbonyl (C=O) groups is 1. The Kier molecular flexibility index (Phi) is 5.31. The predicted octanol–water partition coefficient (Wildman–Crippen LogP) is 2.42. The lowest BCUT2D eigenvalue weighted by atomic mass is 9.83. The molecule has 1 aromatic carbocycles. The van der Waals surface area contributed by atoms with E-state index >= 15 is 0 Å². The number of nitrogens with one attached hydrogen (secondary N) is 1. The number of piperidine rings is 2. The Morgan fingerprint density at radius 1 is 1.23 bits per heavy atom. The first-order chi connectivity index (χ1) is 12.7. The van der Waals surface area contributed by atoms with Gasteiger partial charge >= 0.3 is 0 Å². The molecule has 1 aromatic heterocycles. The van der Waals surface area contributed by atoms with Crippen molar-refractivity contribution in [2.45, 2.75) is 38.1 Å². The number of rotatable bonds is 4. The normalized spacial score (nSPS) is 23.4. The average molecular weight is 419 g/mol. The maximum Gasteiger partial charge on any atom is 0.253 e. The van der Waals surface area contributed by atoms with Gasteiger partial charge < -0.3 is 10.2 Å². The van der Waals surface area contributed by atoms with Crippen LogP contribution in [-0.4, -0.2) is 56.7 Å². The van der Waals surface area contributed by atoms with Crippen LogP contribution in [0.5, 0.6) is 0 Å². The molecule has 0 aliphatic carbocycles. The number of halogens is 1. The third-order valence-electron chi connectivity index (χ3n) is 5.55. The monoisotopic (exact) mass is 418 g/mol. The highest BCUT2D eigenvalue weighted by Gasteiger charge is 2.33. The van der Waals surface area contributed by atoms with Gasteiger partial charge in [-0.15, -0.1) is 5.10 Å². The zero-order valence-corrected chi connectivity index (χ0v) is 16.2. The van der Waals surface area contributed by atoms with E-state index in [0.29, 0.717) is 23.2 Å². The number of aromatic nitrogens is 4. The fourth-order valence-corrected chi connectivity index (χ4v) is 4.66. The second-order valence-corrected chi connectivity index (χ2v) is 8.04. The zero-order valence-electron chi connectivity index (χ0n) is 14.6. The van der Waals surface area contributed by atoms with Crippen LogP contribution in [0.3, 0.4) is 0 Å². The summed E-state index contributed by atoms with van der Waals surface area (Å²) in [6, 6.07) is 6.17. The summed E-state index contributed by atoms with van der Waals surface area (Å²) in [6.45, 7) is 3.15. The molecule has 8 heteroatoms. The lowest BCUT2D eigenvalue weighted by Crippen LogP contribution is -2.51. The zero-order chi connectivity index (χ0) is 17.9. The van der Waals surface area contributed by atoms with Crippen molar-refractivity contribution < 1.29 is 4.79 Å². The molecule has 0 radical (unpaired) electrons. The molecule has 138 valence electrons. The SMILES string of the molecule is O=C(NC[C@H]1CCCN2CCCC[C@H]12)c1cc(Br)ccc1-n1cnnn1. The lowest BCUT2D eigenvalue weighted by molar-refractivity contribution is 0.0575. The summed E-state index contributed by atoms with van der Waals surface area (Å²) in [7, 11) is 0. The van der Waals surface area contributed by atoms with Crippen molar-refractivity contribution in [2.75, 3.05) is 19.6 Å². The minimum Gasteiger partial charge on any atom is -0.352 e. The topological polar surface area (TPSA) is 75.9 Å². The summed E-state index contributed by atoms with van der Waals surface area (Å²) in [5.74, 6) is 0.460. The minimum absolute atomic E-state index is 0.0790. The molecule has 2 atom stereocenters. The van der Waals surface area contributed by atoms with E-state index < -0.39 is 0 Å². The fraction of sp³-hybridized carbons (Fsp3) is 0.556. The molecule has 7 nitrogen and oxygen atoms in total. The van der Waals surface area contributed by atoms with E-state index in [4.69, 9.17) is 0 Å². The molecule has 0 unspecified atom stereocenters. The van der Waals surface area contributed by atoms with E-state index in [2.05, 4.69) is 41.7 Å². The highest BCUT2D eigenvalue weighted by molar-refractivity contribution is 9.10. The van der Waals surface area contributed by atoms with Gasteiger partial charge in [0.2, 0.25) is 0 Å². The molecule has 2 aliphatic heterocycles. The maximum atomic E-state index is 12.9. The van der Waals surface area contributed by atoms with Crippen molar-refractivity contribution in [3.8, 4) is 5.69 Å². The molecular weight excluding hydrogens is 396 g/mol. The molecular formula is C18H23BrN6O. The van der Waals surface area contributed by atoms with Gasteiger partial charge in [-0.25, -0.2) is 0 Å². The molecule has 0 saturated carbocycles. The first-order valence-electron chi connectivity index (χ1n) is 9.27. The first kappa shape index (κ1) is 17.6. The van der Waals surface area contributed by atoms with Crippen molar-refractivity contribution in [1.82, 2.24) is 30.4 Å². The van der Waals surface area contributed by atoms with Gasteiger partial charge in [0.05, 0.1) is 11.3 Å². The van der Waals surface area contributed by atoms with Gasteiger partial charge in [0.1, 0.15) is 6.33 Å². The Labute approximate surface area is 161 Å². The Hall–Kier alpha value is -1.80. The molecule has 2 saturated heterocycles. The van der Waals surface area contributed by atoms with Gasteiger partial charge in [-0.3, -0.25) is 4.79 Å². The molecule has 1 amide bonds. The van der Waals surface area contributed by atoms with Crippen LogP contribution in [0, 0.1) is 5.92 Å². The van der Waals surface area contributed by atoms with Crippen LogP contribution in [0.15, 0.2) is 29.0 Å². The largest absolute Gasteiger partial charge is 0.352 e. The molecule has 0 bridgehead atoms. The molecule has 2 aliphatic rings. The van der Waals surface area contributed by atoms with Crippen molar-refractivity contribution in [3.05, 3.63) is 34.6 Å². The van der Waals surface area contributed by atoms with Crippen molar-refractivity contribution >= 4 is 21.8 Å². The third-order valence-corrected chi connectivity index (χ3v) is 6.05. The van der Waals surface area contributed by atoms with Crippen LogP contribution in [0.1, 0.15) is 42.5 Å². The van der Waals surface area contributed by atoms with E-state index in [9.17, 15) is 4.79 Å². The Bertz CT molecular complexity index is 763. The van der Waals surface area contributed by atoms with Gasteiger partial charge in [0.25, 0.3) is 5.91 Å². The Morgan fingerprint density at radius 2 is 2.12 bits per heavy atom. The smallest absolute Gasteiger partial charge is 0.253 e.